The molecule has 0 bridgehead atoms. The lowest BCUT2D eigenvalue weighted by Crippen LogP contribution is -1.96. The highest BCUT2D eigenvalue weighted by atomic mass is 79.9. The number of hydrogen-bond acceptors (Lipinski definition) is 2. The van der Waals surface area contributed by atoms with Crippen LogP contribution >= 0.6 is 27.5 Å². The van der Waals surface area contributed by atoms with E-state index in [1.54, 1.807) is 13.0 Å². The van der Waals surface area contributed by atoms with Crippen LogP contribution in [0.2, 0.25) is 5.02 Å². The molecule has 0 saturated heterocycles. The predicted molar refractivity (Wildman–Crippen MR) is 81.0 cm³/mol. The number of aryl methyl sites for hydroxylation is 1. The maximum atomic E-state index is 9.77. The third-order valence-electron chi connectivity index (χ3n) is 2.73. The van der Waals surface area contributed by atoms with Gasteiger partial charge in [-0.1, -0.05) is 39.7 Å². The fourth-order valence-corrected chi connectivity index (χ4v) is 2.25. The number of aliphatic hydroxyl groups excluding tert-OH is 1. The van der Waals surface area contributed by atoms with Gasteiger partial charge in [-0.05, 0) is 43.7 Å². The summed E-state index contributed by atoms with van der Waals surface area (Å²) in [5, 5.41) is 10.3. The van der Waals surface area contributed by atoms with E-state index in [-0.39, 0.29) is 0 Å². The Morgan fingerprint density at radius 3 is 2.58 bits per heavy atom. The van der Waals surface area contributed by atoms with Gasteiger partial charge in [0, 0.05) is 10.0 Å². The molecule has 0 spiro atoms. The van der Waals surface area contributed by atoms with Gasteiger partial charge < -0.3 is 9.84 Å². The van der Waals surface area contributed by atoms with Crippen molar-refractivity contribution in [2.45, 2.75) is 20.0 Å². The standard InChI is InChI=1S/C15H14BrClO2/c1-9-3-6-13(17)15(7-9)19-14-8-11(16)4-5-12(14)10(2)18/h3-8,10,18H,1-2H3. The molecule has 2 aromatic rings. The molecule has 1 N–H and O–H groups in total. The summed E-state index contributed by atoms with van der Waals surface area (Å²) in [6.45, 7) is 3.67. The van der Waals surface area contributed by atoms with Crippen molar-refractivity contribution in [3.05, 3.63) is 57.0 Å². The number of ether oxygens (including phenoxy) is 1. The van der Waals surface area contributed by atoms with E-state index in [0.717, 1.165) is 15.6 Å². The lowest BCUT2D eigenvalue weighted by atomic mass is 10.1. The van der Waals surface area contributed by atoms with Crippen LogP contribution in [0.25, 0.3) is 0 Å². The van der Waals surface area contributed by atoms with E-state index in [2.05, 4.69) is 15.9 Å². The normalized spacial score (nSPS) is 12.3. The van der Waals surface area contributed by atoms with Crippen molar-refractivity contribution in [1.29, 1.82) is 0 Å². The highest BCUT2D eigenvalue weighted by Crippen LogP contribution is 2.35. The van der Waals surface area contributed by atoms with Crippen LogP contribution in [0.15, 0.2) is 40.9 Å². The molecule has 4 heteroatoms. The molecule has 0 aliphatic carbocycles. The van der Waals surface area contributed by atoms with Gasteiger partial charge in [-0.15, -0.1) is 0 Å². The lowest BCUT2D eigenvalue weighted by molar-refractivity contribution is 0.195. The fourth-order valence-electron chi connectivity index (χ4n) is 1.75. The van der Waals surface area contributed by atoms with Crippen LogP contribution in [-0.2, 0) is 0 Å². The minimum absolute atomic E-state index is 0.544. The maximum absolute atomic E-state index is 9.77. The molecule has 19 heavy (non-hydrogen) atoms. The van der Waals surface area contributed by atoms with Crippen molar-refractivity contribution in [2.75, 3.05) is 0 Å². The summed E-state index contributed by atoms with van der Waals surface area (Å²) in [6.07, 6.45) is -0.605. The zero-order valence-corrected chi connectivity index (χ0v) is 13.0. The zero-order chi connectivity index (χ0) is 14.0. The SMILES string of the molecule is Cc1ccc(Cl)c(Oc2cc(Br)ccc2C(C)O)c1. The van der Waals surface area contributed by atoms with Gasteiger partial charge in [0.2, 0.25) is 0 Å². The lowest BCUT2D eigenvalue weighted by Gasteiger charge is -2.14. The number of hydrogen-bond donors (Lipinski definition) is 1. The average Bonchev–Trinajstić information content (AvgIpc) is 2.33. The second-order valence-electron chi connectivity index (χ2n) is 4.39. The highest BCUT2D eigenvalue weighted by Gasteiger charge is 2.12. The monoisotopic (exact) mass is 340 g/mol. The summed E-state index contributed by atoms with van der Waals surface area (Å²) in [6, 6.07) is 11.1. The Kier molecular flexibility index (Phi) is 4.50. The molecular formula is C15H14BrClO2. The van der Waals surface area contributed by atoms with Crippen LogP contribution in [-0.4, -0.2) is 5.11 Å². The van der Waals surface area contributed by atoms with Crippen molar-refractivity contribution >= 4 is 27.5 Å². The van der Waals surface area contributed by atoms with Crippen molar-refractivity contribution in [3.63, 3.8) is 0 Å². The number of aliphatic hydroxyl groups is 1. The molecule has 0 aromatic heterocycles. The zero-order valence-electron chi connectivity index (χ0n) is 10.7. The van der Waals surface area contributed by atoms with Crippen LogP contribution in [0.1, 0.15) is 24.2 Å². The van der Waals surface area contributed by atoms with Crippen molar-refractivity contribution < 1.29 is 9.84 Å². The summed E-state index contributed by atoms with van der Waals surface area (Å²) >= 11 is 9.52. The summed E-state index contributed by atoms with van der Waals surface area (Å²) in [4.78, 5) is 0. The average molecular weight is 342 g/mol. The summed E-state index contributed by atoms with van der Waals surface area (Å²) in [5.41, 5.74) is 1.79. The molecule has 100 valence electrons. The molecule has 0 aliphatic heterocycles. The van der Waals surface area contributed by atoms with E-state index >= 15 is 0 Å². The Morgan fingerprint density at radius 1 is 1.16 bits per heavy atom. The van der Waals surface area contributed by atoms with Crippen molar-refractivity contribution in [1.82, 2.24) is 0 Å². The van der Waals surface area contributed by atoms with E-state index in [1.807, 2.05) is 37.3 Å². The molecule has 0 heterocycles. The minimum atomic E-state index is -0.605. The van der Waals surface area contributed by atoms with Crippen molar-refractivity contribution in [2.24, 2.45) is 0 Å². The molecule has 0 fully saturated rings. The molecule has 0 amide bonds. The first-order valence-electron chi connectivity index (χ1n) is 5.89. The third-order valence-corrected chi connectivity index (χ3v) is 3.54. The smallest absolute Gasteiger partial charge is 0.146 e. The third kappa shape index (κ3) is 3.50. The van der Waals surface area contributed by atoms with Crippen molar-refractivity contribution in [3.8, 4) is 11.5 Å². The predicted octanol–water partition coefficient (Wildman–Crippen LogP) is 5.26. The Balaban J connectivity index is 2.42. The van der Waals surface area contributed by atoms with Crippen LogP contribution in [0.5, 0.6) is 11.5 Å². The van der Waals surface area contributed by atoms with Gasteiger partial charge in [0.05, 0.1) is 11.1 Å². The van der Waals surface area contributed by atoms with E-state index < -0.39 is 6.10 Å². The minimum Gasteiger partial charge on any atom is -0.455 e. The highest BCUT2D eigenvalue weighted by molar-refractivity contribution is 9.10. The van der Waals surface area contributed by atoms with Gasteiger partial charge in [-0.25, -0.2) is 0 Å². The van der Waals surface area contributed by atoms with Crippen LogP contribution < -0.4 is 4.74 Å². The van der Waals surface area contributed by atoms with E-state index in [1.165, 1.54) is 0 Å². The molecule has 1 atom stereocenters. The first kappa shape index (κ1) is 14.4. The maximum Gasteiger partial charge on any atom is 0.146 e. The molecule has 2 rings (SSSR count). The Hall–Kier alpha value is -1.03. The molecular weight excluding hydrogens is 328 g/mol. The summed E-state index contributed by atoms with van der Waals surface area (Å²) in [5.74, 6) is 1.18. The van der Waals surface area contributed by atoms with Gasteiger partial charge in [0.15, 0.2) is 0 Å². The Morgan fingerprint density at radius 2 is 1.89 bits per heavy atom. The van der Waals surface area contributed by atoms with Crippen LogP contribution in [0, 0.1) is 6.92 Å². The van der Waals surface area contributed by atoms with Crippen LogP contribution in [0.4, 0.5) is 0 Å². The largest absolute Gasteiger partial charge is 0.455 e. The van der Waals surface area contributed by atoms with E-state index in [0.29, 0.717) is 16.5 Å². The van der Waals surface area contributed by atoms with Gasteiger partial charge in [0.25, 0.3) is 0 Å². The van der Waals surface area contributed by atoms with Crippen LogP contribution in [0.3, 0.4) is 0 Å². The molecule has 0 radical (unpaired) electrons. The Bertz CT molecular complexity index is 597. The fraction of sp³-hybridized carbons (Fsp3) is 0.200. The number of benzene rings is 2. The number of halogens is 2. The van der Waals surface area contributed by atoms with Gasteiger partial charge in [-0.2, -0.15) is 0 Å². The summed E-state index contributed by atoms with van der Waals surface area (Å²) in [7, 11) is 0. The molecule has 0 saturated carbocycles. The second-order valence-corrected chi connectivity index (χ2v) is 5.72. The molecule has 2 nitrogen and oxygen atoms in total. The first-order chi connectivity index (χ1) is 8.97. The second kappa shape index (κ2) is 5.95. The van der Waals surface area contributed by atoms with Gasteiger partial charge in [0.1, 0.15) is 11.5 Å². The molecule has 0 aliphatic rings. The Labute approximate surface area is 126 Å². The molecule has 2 aromatic carbocycles. The molecule has 1 unspecified atom stereocenters. The topological polar surface area (TPSA) is 29.5 Å². The van der Waals surface area contributed by atoms with Gasteiger partial charge in [-0.3, -0.25) is 0 Å². The number of rotatable bonds is 3. The first-order valence-corrected chi connectivity index (χ1v) is 7.06. The van der Waals surface area contributed by atoms with E-state index in [4.69, 9.17) is 16.3 Å². The quantitative estimate of drug-likeness (QED) is 0.825. The van der Waals surface area contributed by atoms with E-state index in [9.17, 15) is 5.11 Å². The summed E-state index contributed by atoms with van der Waals surface area (Å²) < 4.78 is 6.73. The van der Waals surface area contributed by atoms with Gasteiger partial charge >= 0.3 is 0 Å².